The van der Waals surface area contributed by atoms with Crippen molar-refractivity contribution >= 4 is 23.9 Å². The molecule has 2 aromatic rings. The first kappa shape index (κ1) is 28.3. The van der Waals surface area contributed by atoms with Gasteiger partial charge in [0.05, 0.1) is 19.3 Å². The number of methoxy groups -OCH3 is 1. The van der Waals surface area contributed by atoms with Crippen molar-refractivity contribution in [3.63, 3.8) is 0 Å². The van der Waals surface area contributed by atoms with Crippen LogP contribution < -0.4 is 10.6 Å². The lowest BCUT2D eigenvalue weighted by Crippen LogP contribution is -2.54. The van der Waals surface area contributed by atoms with Gasteiger partial charge in [0.2, 0.25) is 5.91 Å². The molecule has 0 aromatic heterocycles. The summed E-state index contributed by atoms with van der Waals surface area (Å²) in [5.74, 6) is -2.00. The standard InChI is InChI=1S/C26H32N2O8/c1-26(2,3)36-23(31)19-12-10-17(11-13-19)14-20(24(32)34-4)27-22(30)21(15-29)28-25(33)35-16-18-8-6-5-7-9-18/h5-13,20-21,29H,14-16H2,1-4H3,(H,27,30)(H,28,33)/t20-,21+/m1/s1. The second kappa shape index (κ2) is 13.2. The van der Waals surface area contributed by atoms with E-state index in [9.17, 15) is 24.3 Å². The summed E-state index contributed by atoms with van der Waals surface area (Å²) in [6, 6.07) is 12.9. The average molecular weight is 501 g/mol. The molecule has 194 valence electrons. The number of alkyl carbamates (subject to hydrolysis) is 1. The summed E-state index contributed by atoms with van der Waals surface area (Å²) in [4.78, 5) is 49.2. The lowest BCUT2D eigenvalue weighted by molar-refractivity contribution is -0.145. The number of benzene rings is 2. The Morgan fingerprint density at radius 1 is 0.889 bits per heavy atom. The molecule has 0 fully saturated rings. The molecule has 10 nitrogen and oxygen atoms in total. The van der Waals surface area contributed by atoms with Gasteiger partial charge in [0, 0.05) is 6.42 Å². The fourth-order valence-corrected chi connectivity index (χ4v) is 3.06. The van der Waals surface area contributed by atoms with Crippen LogP contribution in [0.2, 0.25) is 0 Å². The molecule has 0 bridgehead atoms. The van der Waals surface area contributed by atoms with Crippen molar-refractivity contribution in [2.45, 2.75) is 51.5 Å². The normalized spacial score (nSPS) is 12.6. The van der Waals surface area contributed by atoms with Crippen molar-refractivity contribution in [1.82, 2.24) is 10.6 Å². The molecule has 0 saturated carbocycles. The zero-order valence-corrected chi connectivity index (χ0v) is 20.8. The second-order valence-electron chi connectivity index (χ2n) is 8.93. The van der Waals surface area contributed by atoms with E-state index < -0.39 is 48.2 Å². The summed E-state index contributed by atoms with van der Waals surface area (Å²) >= 11 is 0. The lowest BCUT2D eigenvalue weighted by Gasteiger charge is -2.21. The van der Waals surface area contributed by atoms with E-state index in [1.54, 1.807) is 69.3 Å². The van der Waals surface area contributed by atoms with Crippen LogP contribution in [0.5, 0.6) is 0 Å². The quantitative estimate of drug-likeness (QED) is 0.333. The number of hydrogen-bond acceptors (Lipinski definition) is 8. The van der Waals surface area contributed by atoms with Gasteiger partial charge in [-0.05, 0) is 44.0 Å². The molecule has 0 heterocycles. The van der Waals surface area contributed by atoms with Crippen LogP contribution in [0.4, 0.5) is 4.79 Å². The van der Waals surface area contributed by atoms with Crippen LogP contribution in [0.25, 0.3) is 0 Å². The van der Waals surface area contributed by atoms with Crippen LogP contribution in [0.3, 0.4) is 0 Å². The Labute approximate surface area is 209 Å². The summed E-state index contributed by atoms with van der Waals surface area (Å²) in [6.07, 6.45) is -0.857. The minimum Gasteiger partial charge on any atom is -0.467 e. The van der Waals surface area contributed by atoms with E-state index in [4.69, 9.17) is 14.2 Å². The summed E-state index contributed by atoms with van der Waals surface area (Å²) in [6.45, 7) is 4.56. The maximum atomic E-state index is 12.7. The van der Waals surface area contributed by atoms with Gasteiger partial charge >= 0.3 is 18.0 Å². The third kappa shape index (κ3) is 9.38. The molecule has 2 aromatic carbocycles. The molecule has 3 N–H and O–H groups in total. The highest BCUT2D eigenvalue weighted by atomic mass is 16.6. The van der Waals surface area contributed by atoms with Gasteiger partial charge in [-0.25, -0.2) is 14.4 Å². The maximum absolute atomic E-state index is 12.7. The first-order chi connectivity index (χ1) is 17.0. The monoisotopic (exact) mass is 500 g/mol. The third-order valence-electron chi connectivity index (χ3n) is 4.83. The van der Waals surface area contributed by atoms with Gasteiger partial charge in [0.25, 0.3) is 0 Å². The van der Waals surface area contributed by atoms with Gasteiger partial charge < -0.3 is 30.0 Å². The minimum atomic E-state index is -1.35. The molecule has 36 heavy (non-hydrogen) atoms. The fraction of sp³-hybridized carbons (Fsp3) is 0.385. The topological polar surface area (TPSA) is 140 Å². The number of esters is 2. The van der Waals surface area contributed by atoms with E-state index in [1.165, 1.54) is 7.11 Å². The van der Waals surface area contributed by atoms with Gasteiger partial charge in [-0.1, -0.05) is 42.5 Å². The maximum Gasteiger partial charge on any atom is 0.408 e. The van der Waals surface area contributed by atoms with Gasteiger partial charge in [0.15, 0.2) is 0 Å². The van der Waals surface area contributed by atoms with E-state index in [-0.39, 0.29) is 13.0 Å². The second-order valence-corrected chi connectivity index (χ2v) is 8.93. The van der Waals surface area contributed by atoms with Crippen LogP contribution in [0.15, 0.2) is 54.6 Å². The molecule has 0 unspecified atom stereocenters. The Kier molecular flexibility index (Phi) is 10.4. The SMILES string of the molecule is COC(=O)[C@@H](Cc1ccc(C(=O)OC(C)(C)C)cc1)NC(=O)[C@H](CO)NC(=O)OCc1ccccc1. The van der Waals surface area contributed by atoms with Crippen LogP contribution in [-0.2, 0) is 36.8 Å². The number of amides is 2. The van der Waals surface area contributed by atoms with Crippen molar-refractivity contribution in [1.29, 1.82) is 0 Å². The minimum absolute atomic E-state index is 0.0173. The number of nitrogens with one attached hydrogen (secondary N) is 2. The molecule has 0 aliphatic heterocycles. The lowest BCUT2D eigenvalue weighted by atomic mass is 10.0. The van der Waals surface area contributed by atoms with Crippen LogP contribution in [0.1, 0.15) is 42.3 Å². The zero-order chi connectivity index (χ0) is 26.7. The highest BCUT2D eigenvalue weighted by molar-refractivity contribution is 5.90. The Bertz CT molecular complexity index is 1030. The number of rotatable bonds is 10. The molecule has 2 rings (SSSR count). The van der Waals surface area contributed by atoms with Gasteiger partial charge in [-0.15, -0.1) is 0 Å². The van der Waals surface area contributed by atoms with Gasteiger partial charge in [-0.3, -0.25) is 4.79 Å². The van der Waals surface area contributed by atoms with Crippen molar-refractivity contribution < 1.29 is 38.5 Å². The number of aliphatic hydroxyl groups excluding tert-OH is 1. The summed E-state index contributed by atoms with van der Waals surface area (Å²) in [5, 5.41) is 14.4. The first-order valence-electron chi connectivity index (χ1n) is 11.3. The van der Waals surface area contributed by atoms with Crippen LogP contribution >= 0.6 is 0 Å². The largest absolute Gasteiger partial charge is 0.467 e. The van der Waals surface area contributed by atoms with Gasteiger partial charge in [0.1, 0.15) is 24.3 Å². The fourth-order valence-electron chi connectivity index (χ4n) is 3.06. The number of hydrogen-bond donors (Lipinski definition) is 3. The Morgan fingerprint density at radius 3 is 2.08 bits per heavy atom. The highest BCUT2D eigenvalue weighted by Gasteiger charge is 2.28. The molecule has 10 heteroatoms. The number of aliphatic hydroxyl groups is 1. The Morgan fingerprint density at radius 2 is 1.53 bits per heavy atom. The summed E-state index contributed by atoms with van der Waals surface area (Å²) < 4.78 is 15.2. The molecule has 0 spiro atoms. The number of carbonyl (C=O) groups excluding carboxylic acids is 4. The average Bonchev–Trinajstić information content (AvgIpc) is 2.85. The number of carbonyl (C=O) groups is 4. The van der Waals surface area contributed by atoms with Gasteiger partial charge in [-0.2, -0.15) is 0 Å². The summed E-state index contributed by atoms with van der Waals surface area (Å²) in [5.41, 5.74) is 1.09. The predicted octanol–water partition coefficient (Wildman–Crippen LogP) is 2.13. The molecule has 2 atom stereocenters. The molecular formula is C26H32N2O8. The van der Waals surface area contributed by atoms with E-state index in [1.807, 2.05) is 6.07 Å². The molecule has 0 saturated heterocycles. The Balaban J connectivity index is 1.99. The van der Waals surface area contributed by atoms with E-state index in [0.29, 0.717) is 11.1 Å². The van der Waals surface area contributed by atoms with E-state index >= 15 is 0 Å². The molecule has 2 amide bonds. The smallest absolute Gasteiger partial charge is 0.408 e. The predicted molar refractivity (Wildman–Crippen MR) is 130 cm³/mol. The van der Waals surface area contributed by atoms with Crippen molar-refractivity contribution in [3.05, 3.63) is 71.3 Å². The molecular weight excluding hydrogens is 468 g/mol. The highest BCUT2D eigenvalue weighted by Crippen LogP contribution is 2.14. The molecule has 0 radical (unpaired) electrons. The van der Waals surface area contributed by atoms with Crippen LogP contribution in [-0.4, -0.2) is 60.4 Å². The molecule has 0 aliphatic rings. The number of ether oxygens (including phenoxy) is 3. The third-order valence-corrected chi connectivity index (χ3v) is 4.83. The van der Waals surface area contributed by atoms with E-state index in [0.717, 1.165) is 5.56 Å². The zero-order valence-electron chi connectivity index (χ0n) is 20.8. The first-order valence-corrected chi connectivity index (χ1v) is 11.3. The van der Waals surface area contributed by atoms with Crippen LogP contribution in [0, 0.1) is 0 Å². The Hall–Kier alpha value is -3.92. The molecule has 0 aliphatic carbocycles. The van der Waals surface area contributed by atoms with E-state index in [2.05, 4.69) is 10.6 Å². The summed E-state index contributed by atoms with van der Waals surface area (Å²) in [7, 11) is 1.18. The van der Waals surface area contributed by atoms with Crippen molar-refractivity contribution in [3.8, 4) is 0 Å². The van der Waals surface area contributed by atoms with Crippen molar-refractivity contribution in [2.24, 2.45) is 0 Å². The van der Waals surface area contributed by atoms with Crippen molar-refractivity contribution in [2.75, 3.05) is 13.7 Å².